The summed E-state index contributed by atoms with van der Waals surface area (Å²) in [5.41, 5.74) is 1.64. The van der Waals surface area contributed by atoms with Gasteiger partial charge in [0, 0.05) is 18.7 Å². The Morgan fingerprint density at radius 1 is 0.842 bits per heavy atom. The number of halogens is 2. The molecule has 0 radical (unpaired) electrons. The van der Waals surface area contributed by atoms with Crippen molar-refractivity contribution in [3.05, 3.63) is 77.4 Å². The van der Waals surface area contributed by atoms with Gasteiger partial charge in [0.15, 0.2) is 21.3 Å². The van der Waals surface area contributed by atoms with Crippen molar-refractivity contribution in [2.75, 3.05) is 19.5 Å². The second-order valence-corrected chi connectivity index (χ2v) is 10.4. The summed E-state index contributed by atoms with van der Waals surface area (Å²) in [6.45, 7) is 2.98. The third-order valence-corrected chi connectivity index (χ3v) is 6.88. The Morgan fingerprint density at radius 2 is 1.42 bits per heavy atom. The van der Waals surface area contributed by atoms with E-state index in [0.29, 0.717) is 16.7 Å². The van der Waals surface area contributed by atoms with Crippen molar-refractivity contribution >= 4 is 21.8 Å². The van der Waals surface area contributed by atoms with Gasteiger partial charge in [0.05, 0.1) is 18.1 Å². The van der Waals surface area contributed by atoms with Crippen LogP contribution in [0.2, 0.25) is 0 Å². The lowest BCUT2D eigenvalue weighted by Crippen LogP contribution is -2.55. The molecule has 11 heteroatoms. The van der Waals surface area contributed by atoms with Gasteiger partial charge in [-0.1, -0.05) is 18.2 Å². The summed E-state index contributed by atoms with van der Waals surface area (Å²) in [6.07, 6.45) is 1.05. The Kier molecular flexibility index (Phi) is 7.41. The Bertz CT molecular complexity index is 1480. The lowest BCUT2D eigenvalue weighted by Gasteiger charge is -2.22. The molecule has 0 amide bonds. The SMILES string of the molecule is CCOC(=O)C1(C(=O)OCC)Oc2cc(Cc3ccc(F)cc3F)c(-c3ccc(S(C)(=O)=O)cc3)cc2O1. The molecule has 0 aliphatic carbocycles. The lowest BCUT2D eigenvalue weighted by atomic mass is 9.94. The quantitative estimate of drug-likeness (QED) is 0.306. The standard InChI is InChI=1S/C27H24F2O8S/c1-4-34-25(30)27(26(31)35-5-2)36-23-13-18(12-17-6-9-19(28)14-22(17)29)21(15-24(23)37-27)16-7-10-20(11-8-16)38(3,32)33/h6-11,13-15H,4-5,12H2,1-3H3. The minimum absolute atomic E-state index is 0.000122. The number of hydrogen-bond acceptors (Lipinski definition) is 8. The van der Waals surface area contributed by atoms with Gasteiger partial charge in [-0.05, 0) is 66.4 Å². The van der Waals surface area contributed by atoms with Gasteiger partial charge < -0.3 is 18.9 Å². The first-order valence-electron chi connectivity index (χ1n) is 11.6. The molecule has 3 aromatic carbocycles. The molecular weight excluding hydrogens is 522 g/mol. The number of hydrogen-bond donors (Lipinski definition) is 0. The molecule has 0 atom stereocenters. The van der Waals surface area contributed by atoms with Crippen molar-refractivity contribution in [2.24, 2.45) is 0 Å². The highest BCUT2D eigenvalue weighted by Crippen LogP contribution is 2.45. The molecule has 200 valence electrons. The average Bonchev–Trinajstić information content (AvgIpc) is 3.25. The summed E-state index contributed by atoms with van der Waals surface area (Å²) in [4.78, 5) is 25.6. The van der Waals surface area contributed by atoms with Crippen molar-refractivity contribution < 1.29 is 45.7 Å². The highest BCUT2D eigenvalue weighted by Gasteiger charge is 2.59. The summed E-state index contributed by atoms with van der Waals surface area (Å²) in [5.74, 6) is -6.25. The van der Waals surface area contributed by atoms with Crippen LogP contribution in [0.5, 0.6) is 11.5 Å². The van der Waals surface area contributed by atoms with E-state index in [9.17, 15) is 26.8 Å². The van der Waals surface area contributed by atoms with E-state index in [1.54, 1.807) is 26.0 Å². The fourth-order valence-electron chi connectivity index (χ4n) is 3.96. The van der Waals surface area contributed by atoms with Gasteiger partial charge in [-0.2, -0.15) is 0 Å². The Hall–Kier alpha value is -3.99. The first kappa shape index (κ1) is 27.1. The monoisotopic (exact) mass is 546 g/mol. The molecule has 0 saturated carbocycles. The van der Waals surface area contributed by atoms with Gasteiger partial charge >= 0.3 is 17.7 Å². The van der Waals surface area contributed by atoms with Crippen LogP contribution in [-0.2, 0) is 35.3 Å². The molecule has 0 spiro atoms. The summed E-state index contributed by atoms with van der Waals surface area (Å²) in [7, 11) is -3.46. The molecule has 0 unspecified atom stereocenters. The summed E-state index contributed by atoms with van der Waals surface area (Å²) in [6, 6.07) is 12.1. The van der Waals surface area contributed by atoms with E-state index >= 15 is 0 Å². The summed E-state index contributed by atoms with van der Waals surface area (Å²) >= 11 is 0. The van der Waals surface area contributed by atoms with E-state index < -0.39 is 39.2 Å². The largest absolute Gasteiger partial charge is 0.460 e. The van der Waals surface area contributed by atoms with Crippen LogP contribution >= 0.6 is 0 Å². The van der Waals surface area contributed by atoms with Crippen LogP contribution in [0, 0.1) is 11.6 Å². The molecule has 38 heavy (non-hydrogen) atoms. The Morgan fingerprint density at radius 3 is 1.95 bits per heavy atom. The first-order valence-corrected chi connectivity index (χ1v) is 13.5. The number of carbonyl (C=O) groups is 2. The zero-order chi connectivity index (χ0) is 27.7. The van der Waals surface area contributed by atoms with Crippen molar-refractivity contribution in [3.8, 4) is 22.6 Å². The highest BCUT2D eigenvalue weighted by molar-refractivity contribution is 7.90. The van der Waals surface area contributed by atoms with Crippen molar-refractivity contribution in [1.82, 2.24) is 0 Å². The molecule has 3 aromatic rings. The van der Waals surface area contributed by atoms with Gasteiger partial charge in [-0.3, -0.25) is 0 Å². The second kappa shape index (κ2) is 10.4. The fourth-order valence-corrected chi connectivity index (χ4v) is 4.59. The van der Waals surface area contributed by atoms with Gasteiger partial charge in [0.25, 0.3) is 0 Å². The summed E-state index contributed by atoms with van der Waals surface area (Å²) < 4.78 is 73.3. The number of fused-ring (bicyclic) bond motifs is 1. The Labute approximate surface area is 218 Å². The molecule has 0 fully saturated rings. The van der Waals surface area contributed by atoms with Crippen LogP contribution in [0.4, 0.5) is 8.78 Å². The number of ether oxygens (including phenoxy) is 4. The van der Waals surface area contributed by atoms with Crippen LogP contribution < -0.4 is 9.47 Å². The lowest BCUT2D eigenvalue weighted by molar-refractivity contribution is -0.202. The zero-order valence-electron chi connectivity index (χ0n) is 20.7. The highest BCUT2D eigenvalue weighted by atomic mass is 32.2. The van der Waals surface area contributed by atoms with Gasteiger partial charge in [-0.15, -0.1) is 0 Å². The first-order chi connectivity index (χ1) is 18.0. The average molecular weight is 547 g/mol. The van der Waals surface area contributed by atoms with Crippen molar-refractivity contribution in [1.29, 1.82) is 0 Å². The minimum Gasteiger partial charge on any atom is -0.460 e. The zero-order valence-corrected chi connectivity index (χ0v) is 21.6. The molecule has 1 heterocycles. The van der Waals surface area contributed by atoms with Crippen LogP contribution in [0.25, 0.3) is 11.1 Å². The van der Waals surface area contributed by atoms with Crippen LogP contribution in [0.1, 0.15) is 25.0 Å². The van der Waals surface area contributed by atoms with E-state index in [1.165, 1.54) is 30.3 Å². The molecule has 0 N–H and O–H groups in total. The topological polar surface area (TPSA) is 105 Å². The van der Waals surface area contributed by atoms with Gasteiger partial charge in [-0.25, -0.2) is 26.8 Å². The van der Waals surface area contributed by atoms with E-state index in [0.717, 1.165) is 18.4 Å². The summed E-state index contributed by atoms with van der Waals surface area (Å²) in [5, 5.41) is 0. The molecule has 0 bridgehead atoms. The molecule has 0 aromatic heterocycles. The third kappa shape index (κ3) is 5.19. The van der Waals surface area contributed by atoms with Gasteiger partial charge in [0.1, 0.15) is 11.6 Å². The number of carbonyl (C=O) groups excluding carboxylic acids is 2. The molecule has 1 aliphatic heterocycles. The molecule has 0 saturated heterocycles. The fraction of sp³-hybridized carbons (Fsp3) is 0.259. The van der Waals surface area contributed by atoms with Crippen molar-refractivity contribution in [2.45, 2.75) is 31.0 Å². The van der Waals surface area contributed by atoms with Crippen LogP contribution in [-0.4, -0.2) is 45.6 Å². The number of sulfone groups is 1. The normalized spacial score (nSPS) is 13.7. The second-order valence-electron chi connectivity index (χ2n) is 8.43. The molecular formula is C27H24F2O8S. The maximum Gasteiger partial charge on any atom is 0.453 e. The smallest absolute Gasteiger partial charge is 0.453 e. The number of benzene rings is 3. The maximum absolute atomic E-state index is 14.5. The van der Waals surface area contributed by atoms with E-state index in [-0.39, 0.29) is 41.6 Å². The van der Waals surface area contributed by atoms with Crippen molar-refractivity contribution in [3.63, 3.8) is 0 Å². The molecule has 4 rings (SSSR count). The van der Waals surface area contributed by atoms with E-state index in [2.05, 4.69) is 0 Å². The predicted molar refractivity (Wildman–Crippen MR) is 131 cm³/mol. The third-order valence-electron chi connectivity index (χ3n) is 5.75. The Balaban J connectivity index is 1.85. The van der Waals surface area contributed by atoms with E-state index in [1.807, 2.05) is 0 Å². The molecule has 8 nitrogen and oxygen atoms in total. The number of esters is 2. The maximum atomic E-state index is 14.5. The van der Waals surface area contributed by atoms with Crippen LogP contribution in [0.15, 0.2) is 59.5 Å². The number of rotatable bonds is 8. The van der Waals surface area contributed by atoms with Crippen LogP contribution in [0.3, 0.4) is 0 Å². The minimum atomic E-state index is -3.46. The predicted octanol–water partition coefficient (Wildman–Crippen LogP) is 4.22. The molecule has 1 aliphatic rings. The van der Waals surface area contributed by atoms with Gasteiger partial charge in [0.2, 0.25) is 0 Å². The van der Waals surface area contributed by atoms with E-state index in [4.69, 9.17) is 18.9 Å².